The van der Waals surface area contributed by atoms with Gasteiger partial charge in [0.2, 0.25) is 0 Å². The molecule has 17 heavy (non-hydrogen) atoms. The molecule has 0 unspecified atom stereocenters. The minimum absolute atomic E-state index is 0.0597. The number of rotatable bonds is 3. The van der Waals surface area contributed by atoms with Gasteiger partial charge in [0, 0.05) is 7.05 Å². The van der Waals surface area contributed by atoms with E-state index in [0.29, 0.717) is 0 Å². The highest BCUT2D eigenvalue weighted by Gasteiger charge is 2.21. The van der Waals surface area contributed by atoms with E-state index in [2.05, 4.69) is 15.3 Å². The SMILES string of the molecule is Cn1nc(-c2cn[nH]c2[N+](=O)[O-])cc1C(=O)O. The second kappa shape index (κ2) is 3.70. The highest BCUT2D eigenvalue weighted by molar-refractivity contribution is 5.87. The lowest BCUT2D eigenvalue weighted by atomic mass is 10.2. The van der Waals surface area contributed by atoms with E-state index in [1.165, 1.54) is 19.3 Å². The summed E-state index contributed by atoms with van der Waals surface area (Å²) in [6.07, 6.45) is 1.23. The molecule has 0 amide bonds. The number of aromatic nitrogens is 4. The number of aryl methyl sites for hydroxylation is 1. The average molecular weight is 237 g/mol. The summed E-state index contributed by atoms with van der Waals surface area (Å²) >= 11 is 0. The number of nitrogens with one attached hydrogen (secondary N) is 1. The van der Waals surface area contributed by atoms with Crippen molar-refractivity contribution < 1.29 is 14.8 Å². The molecule has 0 fully saturated rings. The molecule has 0 aliphatic heterocycles. The van der Waals surface area contributed by atoms with Crippen LogP contribution in [0.5, 0.6) is 0 Å². The molecule has 0 saturated heterocycles. The first kappa shape index (κ1) is 10.8. The van der Waals surface area contributed by atoms with Gasteiger partial charge in [-0.1, -0.05) is 5.10 Å². The summed E-state index contributed by atoms with van der Waals surface area (Å²) in [6, 6.07) is 1.25. The second-order valence-electron chi connectivity index (χ2n) is 3.23. The van der Waals surface area contributed by atoms with Gasteiger partial charge >= 0.3 is 11.8 Å². The fourth-order valence-electron chi connectivity index (χ4n) is 1.40. The van der Waals surface area contributed by atoms with Crippen LogP contribution in [0.15, 0.2) is 12.3 Å². The summed E-state index contributed by atoms with van der Waals surface area (Å²) < 4.78 is 1.13. The van der Waals surface area contributed by atoms with Crippen molar-refractivity contribution in [3.8, 4) is 11.3 Å². The van der Waals surface area contributed by atoms with Crippen molar-refractivity contribution in [1.82, 2.24) is 20.0 Å². The van der Waals surface area contributed by atoms with E-state index in [4.69, 9.17) is 5.11 Å². The molecule has 2 rings (SSSR count). The van der Waals surface area contributed by atoms with Crippen LogP contribution in [0.2, 0.25) is 0 Å². The van der Waals surface area contributed by atoms with E-state index in [1.54, 1.807) is 0 Å². The van der Waals surface area contributed by atoms with Crippen LogP contribution in [-0.4, -0.2) is 36.0 Å². The number of nitrogens with zero attached hydrogens (tertiary/aromatic N) is 4. The second-order valence-corrected chi connectivity index (χ2v) is 3.23. The molecule has 2 heterocycles. The lowest BCUT2D eigenvalue weighted by Gasteiger charge is -1.92. The molecule has 2 aromatic heterocycles. The van der Waals surface area contributed by atoms with E-state index in [1.807, 2.05) is 0 Å². The molecule has 0 spiro atoms. The molecule has 9 nitrogen and oxygen atoms in total. The Morgan fingerprint density at radius 2 is 2.35 bits per heavy atom. The fourth-order valence-corrected chi connectivity index (χ4v) is 1.40. The van der Waals surface area contributed by atoms with Crippen molar-refractivity contribution >= 4 is 11.8 Å². The molecule has 0 aliphatic rings. The van der Waals surface area contributed by atoms with Gasteiger partial charge in [0.1, 0.15) is 17.0 Å². The van der Waals surface area contributed by atoms with E-state index in [0.717, 1.165) is 4.68 Å². The minimum atomic E-state index is -1.16. The Kier molecular flexibility index (Phi) is 2.35. The molecule has 0 radical (unpaired) electrons. The van der Waals surface area contributed by atoms with Crippen molar-refractivity contribution in [1.29, 1.82) is 0 Å². The molecule has 0 aromatic carbocycles. The number of carbonyl (C=O) groups is 1. The predicted molar refractivity (Wildman–Crippen MR) is 54.4 cm³/mol. The normalized spacial score (nSPS) is 10.4. The maximum Gasteiger partial charge on any atom is 0.354 e. The highest BCUT2D eigenvalue weighted by atomic mass is 16.6. The summed E-state index contributed by atoms with van der Waals surface area (Å²) in [6.45, 7) is 0. The number of aromatic carboxylic acids is 1. The molecule has 9 heteroatoms. The molecule has 2 aromatic rings. The van der Waals surface area contributed by atoms with Gasteiger partial charge in [-0.15, -0.1) is 5.10 Å². The first-order valence-electron chi connectivity index (χ1n) is 4.46. The third kappa shape index (κ3) is 1.73. The van der Waals surface area contributed by atoms with Crippen LogP contribution in [0.1, 0.15) is 10.5 Å². The number of hydrogen-bond donors (Lipinski definition) is 2. The van der Waals surface area contributed by atoms with E-state index >= 15 is 0 Å². The Balaban J connectivity index is 2.54. The lowest BCUT2D eigenvalue weighted by molar-refractivity contribution is -0.388. The van der Waals surface area contributed by atoms with Crippen LogP contribution >= 0.6 is 0 Å². The summed E-state index contributed by atoms with van der Waals surface area (Å²) in [5.74, 6) is -1.47. The van der Waals surface area contributed by atoms with Crippen molar-refractivity contribution in [2.24, 2.45) is 7.05 Å². The maximum atomic E-state index is 10.8. The zero-order valence-electron chi connectivity index (χ0n) is 8.62. The van der Waals surface area contributed by atoms with Gasteiger partial charge in [0.05, 0.1) is 6.20 Å². The topological polar surface area (TPSA) is 127 Å². The van der Waals surface area contributed by atoms with Crippen LogP contribution in [-0.2, 0) is 7.05 Å². The van der Waals surface area contributed by atoms with Crippen LogP contribution in [0.25, 0.3) is 11.3 Å². The predicted octanol–water partition coefficient (Wildman–Crippen LogP) is 0.417. The fraction of sp³-hybridized carbons (Fsp3) is 0.125. The van der Waals surface area contributed by atoms with Crippen LogP contribution in [0, 0.1) is 10.1 Å². The smallest absolute Gasteiger partial charge is 0.354 e. The maximum absolute atomic E-state index is 10.8. The summed E-state index contributed by atoms with van der Waals surface area (Å²) in [7, 11) is 1.44. The molecular formula is C8H7N5O4. The lowest BCUT2D eigenvalue weighted by Crippen LogP contribution is -2.04. The number of aromatic amines is 1. The largest absolute Gasteiger partial charge is 0.477 e. The van der Waals surface area contributed by atoms with E-state index in [-0.39, 0.29) is 22.8 Å². The summed E-state index contributed by atoms with van der Waals surface area (Å²) in [5.41, 5.74) is 0.277. The molecule has 2 N–H and O–H groups in total. The van der Waals surface area contributed by atoms with Gasteiger partial charge in [0.15, 0.2) is 0 Å². The van der Waals surface area contributed by atoms with Crippen molar-refractivity contribution in [3.05, 3.63) is 28.1 Å². The standard InChI is InChI=1S/C8H7N5O4/c1-12-6(8(14)15)2-5(11-12)4-3-9-10-7(4)13(16)17/h2-3H,1H3,(H,9,10)(H,14,15). The van der Waals surface area contributed by atoms with Gasteiger partial charge in [-0.3, -0.25) is 4.68 Å². The number of carboxylic acids is 1. The zero-order valence-corrected chi connectivity index (χ0v) is 8.62. The molecule has 0 aliphatic carbocycles. The molecular weight excluding hydrogens is 230 g/mol. The van der Waals surface area contributed by atoms with E-state index < -0.39 is 10.9 Å². The Hall–Kier alpha value is -2.71. The highest BCUT2D eigenvalue weighted by Crippen LogP contribution is 2.26. The Bertz CT molecular complexity index is 599. The molecule has 88 valence electrons. The first-order chi connectivity index (χ1) is 8.00. The van der Waals surface area contributed by atoms with Gasteiger partial charge in [-0.25, -0.2) is 4.79 Å². The quantitative estimate of drug-likeness (QED) is 0.588. The Morgan fingerprint density at radius 3 is 2.88 bits per heavy atom. The Labute approximate surface area is 93.8 Å². The van der Waals surface area contributed by atoms with Crippen molar-refractivity contribution in [2.45, 2.75) is 0 Å². The van der Waals surface area contributed by atoms with Crippen molar-refractivity contribution in [3.63, 3.8) is 0 Å². The molecule has 0 bridgehead atoms. The summed E-state index contributed by atoms with van der Waals surface area (Å²) in [4.78, 5) is 20.8. The van der Waals surface area contributed by atoms with E-state index in [9.17, 15) is 14.9 Å². The minimum Gasteiger partial charge on any atom is -0.477 e. The van der Waals surface area contributed by atoms with Crippen LogP contribution < -0.4 is 0 Å². The van der Waals surface area contributed by atoms with Crippen molar-refractivity contribution in [2.75, 3.05) is 0 Å². The number of hydrogen-bond acceptors (Lipinski definition) is 5. The van der Waals surface area contributed by atoms with Gasteiger partial charge in [-0.05, 0) is 11.0 Å². The zero-order chi connectivity index (χ0) is 12.6. The van der Waals surface area contributed by atoms with Crippen LogP contribution in [0.4, 0.5) is 5.82 Å². The number of H-pyrrole nitrogens is 1. The summed E-state index contributed by atoms with van der Waals surface area (Å²) in [5, 5.41) is 29.1. The molecule has 0 atom stereocenters. The van der Waals surface area contributed by atoms with Gasteiger partial charge < -0.3 is 15.2 Å². The third-order valence-corrected chi connectivity index (χ3v) is 2.18. The number of nitro groups is 1. The Morgan fingerprint density at radius 1 is 1.65 bits per heavy atom. The van der Waals surface area contributed by atoms with Gasteiger partial charge in [-0.2, -0.15) is 5.10 Å². The molecule has 0 saturated carbocycles. The van der Waals surface area contributed by atoms with Gasteiger partial charge in [0.25, 0.3) is 0 Å². The average Bonchev–Trinajstić information content (AvgIpc) is 2.82. The number of carboxylic acid groups (broad SMARTS) is 1. The monoisotopic (exact) mass is 237 g/mol. The third-order valence-electron chi connectivity index (χ3n) is 2.18. The first-order valence-corrected chi connectivity index (χ1v) is 4.46. The van der Waals surface area contributed by atoms with Crippen LogP contribution in [0.3, 0.4) is 0 Å².